The van der Waals surface area contributed by atoms with Crippen LogP contribution in [0.1, 0.15) is 84.5 Å². The van der Waals surface area contributed by atoms with Crippen molar-refractivity contribution in [1.82, 2.24) is 0 Å². The van der Waals surface area contributed by atoms with E-state index in [2.05, 4.69) is 13.8 Å². The highest BCUT2D eigenvalue weighted by Crippen LogP contribution is 2.35. The monoisotopic (exact) mass is 269 g/mol. The van der Waals surface area contributed by atoms with E-state index in [1.54, 1.807) is 0 Å². The van der Waals surface area contributed by atoms with Crippen molar-refractivity contribution < 1.29 is 4.74 Å². The highest BCUT2D eigenvalue weighted by Gasteiger charge is 2.37. The maximum absolute atomic E-state index is 6.59. The first-order chi connectivity index (χ1) is 9.18. The van der Waals surface area contributed by atoms with E-state index in [1.807, 2.05) is 7.11 Å². The highest BCUT2D eigenvalue weighted by molar-refractivity contribution is 4.93. The minimum absolute atomic E-state index is 0.0316. The molecule has 0 aliphatic heterocycles. The summed E-state index contributed by atoms with van der Waals surface area (Å²) in [6.45, 7) is 4.58. The maximum Gasteiger partial charge on any atom is 0.0828 e. The average molecular weight is 269 g/mol. The number of ether oxygens (including phenoxy) is 1. The van der Waals surface area contributed by atoms with Crippen molar-refractivity contribution in [2.24, 2.45) is 11.7 Å². The Bertz CT molecular complexity index is 221. The van der Waals surface area contributed by atoms with Crippen molar-refractivity contribution in [3.8, 4) is 0 Å². The third kappa shape index (κ3) is 5.07. The fourth-order valence-electron chi connectivity index (χ4n) is 3.61. The number of methoxy groups -OCH3 is 1. The van der Waals surface area contributed by atoms with Gasteiger partial charge in [0.15, 0.2) is 0 Å². The standard InChI is InChI=1S/C17H35NO/c1-4-6-11-15(5-2)14-16(18)17(19-3)12-9-7-8-10-13-17/h15-16H,4-14,18H2,1-3H3. The smallest absolute Gasteiger partial charge is 0.0828 e. The van der Waals surface area contributed by atoms with E-state index in [0.717, 1.165) is 25.2 Å². The Labute approximate surface area is 120 Å². The highest BCUT2D eigenvalue weighted by atomic mass is 16.5. The molecule has 0 amide bonds. The van der Waals surface area contributed by atoms with Crippen molar-refractivity contribution in [2.45, 2.75) is 96.1 Å². The molecular weight excluding hydrogens is 234 g/mol. The first-order valence-electron chi connectivity index (χ1n) is 8.49. The van der Waals surface area contributed by atoms with Gasteiger partial charge in [-0.1, -0.05) is 65.2 Å². The third-order valence-corrected chi connectivity index (χ3v) is 5.16. The molecule has 2 heteroatoms. The summed E-state index contributed by atoms with van der Waals surface area (Å²) in [4.78, 5) is 0. The number of nitrogens with two attached hydrogens (primary N) is 1. The second-order valence-corrected chi connectivity index (χ2v) is 6.44. The number of rotatable bonds is 8. The van der Waals surface area contributed by atoms with Gasteiger partial charge in [0.05, 0.1) is 5.60 Å². The lowest BCUT2D eigenvalue weighted by molar-refractivity contribution is -0.0487. The number of hydrogen-bond donors (Lipinski definition) is 1. The number of hydrogen-bond acceptors (Lipinski definition) is 2. The van der Waals surface area contributed by atoms with Gasteiger partial charge in [0.25, 0.3) is 0 Å². The summed E-state index contributed by atoms with van der Waals surface area (Å²) in [5, 5.41) is 0. The van der Waals surface area contributed by atoms with E-state index < -0.39 is 0 Å². The van der Waals surface area contributed by atoms with Crippen LogP contribution in [0.4, 0.5) is 0 Å². The molecule has 1 saturated carbocycles. The van der Waals surface area contributed by atoms with Gasteiger partial charge < -0.3 is 10.5 Å². The second kappa shape index (κ2) is 8.97. The molecule has 2 atom stereocenters. The zero-order chi connectivity index (χ0) is 14.1. The Balaban J connectivity index is 2.57. The van der Waals surface area contributed by atoms with Crippen LogP contribution < -0.4 is 5.73 Å². The van der Waals surface area contributed by atoms with Crippen molar-refractivity contribution in [3.05, 3.63) is 0 Å². The van der Waals surface area contributed by atoms with E-state index in [9.17, 15) is 0 Å². The van der Waals surface area contributed by atoms with Gasteiger partial charge >= 0.3 is 0 Å². The molecule has 114 valence electrons. The zero-order valence-corrected chi connectivity index (χ0v) is 13.4. The molecule has 0 saturated heterocycles. The van der Waals surface area contributed by atoms with Crippen LogP contribution in [0.3, 0.4) is 0 Å². The normalized spacial score (nSPS) is 22.7. The summed E-state index contributed by atoms with van der Waals surface area (Å²) >= 11 is 0. The predicted molar refractivity (Wildman–Crippen MR) is 83.3 cm³/mol. The van der Waals surface area contributed by atoms with E-state index in [-0.39, 0.29) is 11.6 Å². The van der Waals surface area contributed by atoms with E-state index >= 15 is 0 Å². The van der Waals surface area contributed by atoms with Crippen LogP contribution in [0.2, 0.25) is 0 Å². The van der Waals surface area contributed by atoms with Crippen molar-refractivity contribution >= 4 is 0 Å². The number of unbranched alkanes of at least 4 members (excludes halogenated alkanes) is 1. The zero-order valence-electron chi connectivity index (χ0n) is 13.4. The SMILES string of the molecule is CCCCC(CC)CC(N)C1(OC)CCCCCC1. The molecule has 2 N–H and O–H groups in total. The minimum Gasteiger partial charge on any atom is -0.377 e. The van der Waals surface area contributed by atoms with Crippen LogP contribution in [0.15, 0.2) is 0 Å². The van der Waals surface area contributed by atoms with Gasteiger partial charge in [-0.05, 0) is 25.2 Å². The molecule has 0 aromatic rings. The van der Waals surface area contributed by atoms with Crippen LogP contribution >= 0.6 is 0 Å². The Morgan fingerprint density at radius 3 is 2.21 bits per heavy atom. The second-order valence-electron chi connectivity index (χ2n) is 6.44. The molecule has 0 aromatic carbocycles. The van der Waals surface area contributed by atoms with Crippen molar-refractivity contribution in [3.63, 3.8) is 0 Å². The molecule has 2 unspecified atom stereocenters. The van der Waals surface area contributed by atoms with Crippen molar-refractivity contribution in [2.75, 3.05) is 7.11 Å². The Morgan fingerprint density at radius 1 is 1.11 bits per heavy atom. The van der Waals surface area contributed by atoms with Gasteiger partial charge in [-0.2, -0.15) is 0 Å². The molecule has 0 bridgehead atoms. The van der Waals surface area contributed by atoms with E-state index in [0.29, 0.717) is 0 Å². The quantitative estimate of drug-likeness (QED) is 0.650. The summed E-state index contributed by atoms with van der Waals surface area (Å²) in [5.41, 5.74) is 6.55. The predicted octanol–water partition coefficient (Wildman–Crippen LogP) is 4.66. The first kappa shape index (κ1) is 17.0. The summed E-state index contributed by atoms with van der Waals surface area (Å²) in [7, 11) is 1.87. The fourth-order valence-corrected chi connectivity index (χ4v) is 3.61. The van der Waals surface area contributed by atoms with Crippen LogP contribution in [0.25, 0.3) is 0 Å². The molecular formula is C17H35NO. The van der Waals surface area contributed by atoms with Crippen molar-refractivity contribution in [1.29, 1.82) is 0 Å². The fraction of sp³-hybridized carbons (Fsp3) is 1.00. The Morgan fingerprint density at radius 2 is 1.74 bits per heavy atom. The summed E-state index contributed by atoms with van der Waals surface area (Å²) < 4.78 is 5.95. The topological polar surface area (TPSA) is 35.2 Å². The molecule has 1 fully saturated rings. The molecule has 0 spiro atoms. The summed E-state index contributed by atoms with van der Waals surface area (Å²) in [6, 6.07) is 0.220. The maximum atomic E-state index is 6.59. The van der Waals surface area contributed by atoms with Crippen LogP contribution in [-0.2, 0) is 4.74 Å². The van der Waals surface area contributed by atoms with E-state index in [4.69, 9.17) is 10.5 Å². The minimum atomic E-state index is -0.0316. The summed E-state index contributed by atoms with van der Waals surface area (Å²) in [6.07, 6.45) is 14.0. The lowest BCUT2D eigenvalue weighted by Gasteiger charge is -2.38. The van der Waals surface area contributed by atoms with Crippen LogP contribution in [0, 0.1) is 5.92 Å². The lowest BCUT2D eigenvalue weighted by Crippen LogP contribution is -2.50. The van der Waals surface area contributed by atoms with Gasteiger partial charge in [0, 0.05) is 13.2 Å². The molecule has 0 heterocycles. The largest absolute Gasteiger partial charge is 0.377 e. The van der Waals surface area contributed by atoms with Crippen LogP contribution in [-0.4, -0.2) is 18.8 Å². The average Bonchev–Trinajstić information content (AvgIpc) is 2.69. The molecule has 19 heavy (non-hydrogen) atoms. The summed E-state index contributed by atoms with van der Waals surface area (Å²) in [5.74, 6) is 0.783. The van der Waals surface area contributed by atoms with Crippen LogP contribution in [0.5, 0.6) is 0 Å². The van der Waals surface area contributed by atoms with Gasteiger partial charge in [0.2, 0.25) is 0 Å². The Kier molecular flexibility index (Phi) is 8.01. The van der Waals surface area contributed by atoms with Gasteiger partial charge in [0.1, 0.15) is 0 Å². The van der Waals surface area contributed by atoms with E-state index in [1.165, 1.54) is 51.4 Å². The van der Waals surface area contributed by atoms with Gasteiger partial charge in [-0.15, -0.1) is 0 Å². The van der Waals surface area contributed by atoms with Gasteiger partial charge in [-0.25, -0.2) is 0 Å². The molecule has 1 aliphatic carbocycles. The third-order valence-electron chi connectivity index (χ3n) is 5.16. The van der Waals surface area contributed by atoms with Gasteiger partial charge in [-0.3, -0.25) is 0 Å². The molecule has 0 radical (unpaired) electrons. The lowest BCUT2D eigenvalue weighted by atomic mass is 9.80. The first-order valence-corrected chi connectivity index (χ1v) is 8.49. The Hall–Kier alpha value is -0.0800. The molecule has 1 rings (SSSR count). The molecule has 2 nitrogen and oxygen atoms in total. The molecule has 1 aliphatic rings. The molecule has 0 aromatic heterocycles.